The monoisotopic (exact) mass is 405 g/mol. The van der Waals surface area contributed by atoms with Crippen molar-refractivity contribution in [3.05, 3.63) is 22.9 Å². The van der Waals surface area contributed by atoms with Gasteiger partial charge in [-0.1, -0.05) is 5.57 Å². The van der Waals surface area contributed by atoms with Gasteiger partial charge in [0, 0.05) is 44.0 Å². The number of hydrogen-bond donors (Lipinski definition) is 0. The molecule has 1 aliphatic carbocycles. The SMILES string of the molecule is CC1=CC2=C(CC1)CC(=O)N2C1CCN(C2CCN(C(=O)OCCF)CC2)CC1. The molecule has 160 valence electrons. The van der Waals surface area contributed by atoms with Gasteiger partial charge in [0.15, 0.2) is 0 Å². The minimum atomic E-state index is -0.634. The molecule has 0 aromatic heterocycles. The molecule has 4 aliphatic rings. The molecular formula is C22H32FN3O3. The van der Waals surface area contributed by atoms with Gasteiger partial charge in [0.05, 0.1) is 6.42 Å². The summed E-state index contributed by atoms with van der Waals surface area (Å²) in [6.45, 7) is 4.70. The first-order valence-corrected chi connectivity index (χ1v) is 11.0. The van der Waals surface area contributed by atoms with Gasteiger partial charge < -0.3 is 19.4 Å². The zero-order valence-electron chi connectivity index (χ0n) is 17.4. The number of rotatable bonds is 4. The maximum absolute atomic E-state index is 12.7. The van der Waals surface area contributed by atoms with Gasteiger partial charge in [-0.3, -0.25) is 4.79 Å². The molecule has 0 aromatic rings. The summed E-state index contributed by atoms with van der Waals surface area (Å²) in [6.07, 6.45) is 8.42. The zero-order valence-corrected chi connectivity index (χ0v) is 17.4. The van der Waals surface area contributed by atoms with Crippen LogP contribution < -0.4 is 0 Å². The summed E-state index contributed by atoms with van der Waals surface area (Å²) in [7, 11) is 0. The van der Waals surface area contributed by atoms with Crippen molar-refractivity contribution in [2.75, 3.05) is 39.5 Å². The van der Waals surface area contributed by atoms with Crippen molar-refractivity contribution in [2.45, 2.75) is 64.0 Å². The number of halogens is 1. The van der Waals surface area contributed by atoms with Crippen LogP contribution in [0.3, 0.4) is 0 Å². The largest absolute Gasteiger partial charge is 0.447 e. The summed E-state index contributed by atoms with van der Waals surface area (Å²) in [5, 5.41) is 0. The Morgan fingerprint density at radius 3 is 2.48 bits per heavy atom. The van der Waals surface area contributed by atoms with Crippen molar-refractivity contribution < 1.29 is 18.7 Å². The van der Waals surface area contributed by atoms with Crippen LogP contribution in [-0.4, -0.2) is 78.2 Å². The number of hydrogen-bond acceptors (Lipinski definition) is 4. The molecule has 0 atom stereocenters. The van der Waals surface area contributed by atoms with Gasteiger partial charge in [0.1, 0.15) is 13.3 Å². The molecule has 2 fully saturated rings. The molecule has 0 unspecified atom stereocenters. The van der Waals surface area contributed by atoms with Crippen LogP contribution in [0.5, 0.6) is 0 Å². The van der Waals surface area contributed by atoms with Crippen LogP contribution in [0.15, 0.2) is 22.9 Å². The molecule has 0 radical (unpaired) electrons. The third-order valence-corrected chi connectivity index (χ3v) is 6.87. The number of nitrogens with zero attached hydrogens (tertiary/aromatic N) is 3. The van der Waals surface area contributed by atoms with E-state index in [1.807, 2.05) is 0 Å². The van der Waals surface area contributed by atoms with Crippen molar-refractivity contribution in [1.29, 1.82) is 0 Å². The second-order valence-corrected chi connectivity index (χ2v) is 8.71. The lowest BCUT2D eigenvalue weighted by molar-refractivity contribution is -0.129. The highest BCUT2D eigenvalue weighted by molar-refractivity contribution is 5.86. The topological polar surface area (TPSA) is 53.1 Å². The molecule has 7 heteroatoms. The zero-order chi connectivity index (χ0) is 20.4. The fourth-order valence-electron chi connectivity index (χ4n) is 5.24. The van der Waals surface area contributed by atoms with Gasteiger partial charge in [-0.05, 0) is 57.1 Å². The summed E-state index contributed by atoms with van der Waals surface area (Å²) < 4.78 is 17.1. The lowest BCUT2D eigenvalue weighted by Gasteiger charge is -2.43. The van der Waals surface area contributed by atoms with Crippen molar-refractivity contribution in [1.82, 2.24) is 14.7 Å². The Kier molecular flexibility index (Phi) is 6.23. The van der Waals surface area contributed by atoms with Crippen LogP contribution in [0.2, 0.25) is 0 Å². The molecular weight excluding hydrogens is 373 g/mol. The second-order valence-electron chi connectivity index (χ2n) is 8.71. The number of carbonyl (C=O) groups is 2. The Hall–Kier alpha value is -1.89. The summed E-state index contributed by atoms with van der Waals surface area (Å²) in [4.78, 5) is 30.9. The van der Waals surface area contributed by atoms with Gasteiger partial charge >= 0.3 is 6.09 Å². The highest BCUT2D eigenvalue weighted by Crippen LogP contribution is 2.37. The fourth-order valence-corrected chi connectivity index (χ4v) is 5.24. The average Bonchev–Trinajstić information content (AvgIpc) is 3.07. The molecule has 0 spiro atoms. The summed E-state index contributed by atoms with van der Waals surface area (Å²) in [5.41, 5.74) is 3.89. The van der Waals surface area contributed by atoms with E-state index in [4.69, 9.17) is 4.74 Å². The molecule has 29 heavy (non-hydrogen) atoms. The van der Waals surface area contributed by atoms with E-state index in [0.29, 0.717) is 31.6 Å². The third-order valence-electron chi connectivity index (χ3n) is 6.87. The minimum absolute atomic E-state index is 0.158. The van der Waals surface area contributed by atoms with Crippen LogP contribution in [-0.2, 0) is 9.53 Å². The normalized spacial score (nSPS) is 24.8. The average molecular weight is 406 g/mol. The van der Waals surface area contributed by atoms with E-state index in [1.165, 1.54) is 16.8 Å². The van der Waals surface area contributed by atoms with Gasteiger partial charge in [-0.15, -0.1) is 0 Å². The molecule has 6 nitrogen and oxygen atoms in total. The fraction of sp³-hybridized carbons (Fsp3) is 0.727. The summed E-state index contributed by atoms with van der Waals surface area (Å²) >= 11 is 0. The maximum Gasteiger partial charge on any atom is 0.409 e. The Bertz CT molecular complexity index is 704. The molecule has 2 amide bonds. The van der Waals surface area contributed by atoms with E-state index in [-0.39, 0.29) is 12.5 Å². The molecule has 4 rings (SSSR count). The Morgan fingerprint density at radius 1 is 1.10 bits per heavy atom. The predicted molar refractivity (Wildman–Crippen MR) is 108 cm³/mol. The van der Waals surface area contributed by atoms with Crippen LogP contribution in [0.25, 0.3) is 0 Å². The molecule has 0 N–H and O–H groups in total. The minimum Gasteiger partial charge on any atom is -0.447 e. The highest BCUT2D eigenvalue weighted by atomic mass is 19.1. The van der Waals surface area contributed by atoms with Crippen LogP contribution in [0.1, 0.15) is 51.9 Å². The van der Waals surface area contributed by atoms with Crippen LogP contribution in [0.4, 0.5) is 9.18 Å². The van der Waals surface area contributed by atoms with E-state index in [2.05, 4.69) is 22.8 Å². The summed E-state index contributed by atoms with van der Waals surface area (Å²) in [5.74, 6) is 0.277. The molecule has 2 saturated heterocycles. The second kappa shape index (κ2) is 8.86. The lowest BCUT2D eigenvalue weighted by atomic mass is 9.95. The summed E-state index contributed by atoms with van der Waals surface area (Å²) in [6, 6.07) is 0.784. The van der Waals surface area contributed by atoms with Gasteiger partial charge in [-0.2, -0.15) is 0 Å². The number of piperidine rings is 2. The first kappa shape index (κ1) is 20.4. The number of amides is 2. The van der Waals surface area contributed by atoms with Gasteiger partial charge in [0.2, 0.25) is 5.91 Å². The first-order chi connectivity index (χ1) is 14.1. The molecule has 3 heterocycles. The van der Waals surface area contributed by atoms with E-state index in [1.54, 1.807) is 4.90 Å². The van der Waals surface area contributed by atoms with E-state index < -0.39 is 12.8 Å². The highest BCUT2D eigenvalue weighted by Gasteiger charge is 2.38. The van der Waals surface area contributed by atoms with Crippen molar-refractivity contribution >= 4 is 12.0 Å². The van der Waals surface area contributed by atoms with Crippen molar-refractivity contribution in [3.63, 3.8) is 0 Å². The molecule has 3 aliphatic heterocycles. The van der Waals surface area contributed by atoms with Crippen LogP contribution >= 0.6 is 0 Å². The number of allylic oxidation sites excluding steroid dienone is 2. The molecule has 0 saturated carbocycles. The van der Waals surface area contributed by atoms with E-state index in [9.17, 15) is 14.0 Å². The number of likely N-dealkylation sites (tertiary alicyclic amines) is 2. The maximum atomic E-state index is 12.7. The van der Waals surface area contributed by atoms with Crippen molar-refractivity contribution in [2.24, 2.45) is 0 Å². The molecule has 0 aromatic carbocycles. The van der Waals surface area contributed by atoms with Crippen molar-refractivity contribution in [3.8, 4) is 0 Å². The Balaban J connectivity index is 1.28. The number of ether oxygens (including phenoxy) is 1. The third kappa shape index (κ3) is 4.34. The smallest absolute Gasteiger partial charge is 0.409 e. The number of carbonyl (C=O) groups excluding carboxylic acids is 2. The van der Waals surface area contributed by atoms with Gasteiger partial charge in [0.25, 0.3) is 0 Å². The quantitative estimate of drug-likeness (QED) is 0.721. The number of alkyl halides is 1. The first-order valence-electron chi connectivity index (χ1n) is 11.0. The Morgan fingerprint density at radius 2 is 1.79 bits per heavy atom. The standard InChI is InChI=1S/C22H32FN3O3/c1-16-2-3-17-15-21(27)26(20(17)14-16)19-6-9-24(10-7-19)18-4-11-25(12-5-18)22(28)29-13-8-23/h14,18-19H,2-13,15H2,1H3. The van der Waals surface area contributed by atoms with E-state index >= 15 is 0 Å². The molecule has 0 bridgehead atoms. The van der Waals surface area contributed by atoms with Crippen LogP contribution in [0, 0.1) is 0 Å². The Labute approximate surface area is 172 Å². The van der Waals surface area contributed by atoms with E-state index in [0.717, 1.165) is 51.6 Å². The lowest BCUT2D eigenvalue weighted by Crippen LogP contribution is -2.52. The van der Waals surface area contributed by atoms with Gasteiger partial charge in [-0.25, -0.2) is 9.18 Å². The predicted octanol–water partition coefficient (Wildman–Crippen LogP) is 3.25.